The molecular formula is C12H16Cl2F3N3O3. The zero-order chi connectivity index (χ0) is 15.6. The van der Waals surface area contributed by atoms with Crippen molar-refractivity contribution in [1.82, 2.24) is 10.2 Å². The number of alkyl halides is 3. The van der Waals surface area contributed by atoms with Gasteiger partial charge < -0.3 is 10.4 Å². The normalized spacial score (nSPS) is 16.8. The van der Waals surface area contributed by atoms with E-state index in [1.807, 2.05) is 0 Å². The van der Waals surface area contributed by atoms with Crippen molar-refractivity contribution in [3.63, 3.8) is 0 Å². The molecule has 0 saturated carbocycles. The first kappa shape index (κ1) is 21.7. The monoisotopic (exact) mass is 377 g/mol. The number of hydrogen-bond donors (Lipinski definition) is 2. The van der Waals surface area contributed by atoms with E-state index in [0.29, 0.717) is 13.1 Å². The molecule has 1 saturated heterocycles. The maximum Gasteiger partial charge on any atom is 0.408 e. The van der Waals surface area contributed by atoms with Gasteiger partial charge in [-0.05, 0) is 11.6 Å². The smallest absolute Gasteiger partial charge is 0.408 e. The van der Waals surface area contributed by atoms with Crippen molar-refractivity contribution in [3.8, 4) is 5.75 Å². The number of nitrogens with zero attached hydrogens (tertiary/aromatic N) is 2. The number of halogens is 5. The molecule has 1 aromatic rings. The molecule has 1 fully saturated rings. The van der Waals surface area contributed by atoms with Gasteiger partial charge in [-0.25, -0.2) is 0 Å². The molecule has 0 amide bonds. The lowest BCUT2D eigenvalue weighted by molar-refractivity contribution is -0.386. The van der Waals surface area contributed by atoms with Gasteiger partial charge in [0.25, 0.3) is 0 Å². The molecule has 11 heteroatoms. The molecule has 1 atom stereocenters. The Labute approximate surface area is 142 Å². The van der Waals surface area contributed by atoms with E-state index in [0.717, 1.165) is 18.2 Å². The van der Waals surface area contributed by atoms with Crippen LogP contribution in [0.1, 0.15) is 11.6 Å². The van der Waals surface area contributed by atoms with Crippen molar-refractivity contribution in [1.29, 1.82) is 0 Å². The minimum absolute atomic E-state index is 0. The number of hydrogen-bond acceptors (Lipinski definition) is 5. The fraction of sp³-hybridized carbons (Fsp3) is 0.500. The predicted octanol–water partition coefficient (Wildman–Crippen LogP) is 2.65. The highest BCUT2D eigenvalue weighted by atomic mass is 35.5. The van der Waals surface area contributed by atoms with Crippen LogP contribution in [0.5, 0.6) is 5.75 Å². The average molecular weight is 378 g/mol. The summed E-state index contributed by atoms with van der Waals surface area (Å²) in [7, 11) is 0. The minimum Gasteiger partial charge on any atom is -0.502 e. The summed E-state index contributed by atoms with van der Waals surface area (Å²) in [5.41, 5.74) is -0.967. The second-order valence-corrected chi connectivity index (χ2v) is 4.74. The van der Waals surface area contributed by atoms with Gasteiger partial charge in [0.1, 0.15) is 6.04 Å². The number of piperazine rings is 1. The lowest BCUT2D eigenvalue weighted by atomic mass is 10.0. The summed E-state index contributed by atoms with van der Waals surface area (Å²) in [6.45, 7) is 1.23. The van der Waals surface area contributed by atoms with E-state index in [1.54, 1.807) is 0 Å². The molecule has 23 heavy (non-hydrogen) atoms. The van der Waals surface area contributed by atoms with Crippen LogP contribution in [0.25, 0.3) is 0 Å². The summed E-state index contributed by atoms with van der Waals surface area (Å²) in [6, 6.07) is 0.866. The van der Waals surface area contributed by atoms with Crippen molar-refractivity contribution in [2.75, 3.05) is 26.2 Å². The Kier molecular flexibility index (Phi) is 8.05. The molecule has 1 aliphatic heterocycles. The van der Waals surface area contributed by atoms with Gasteiger partial charge in [-0.2, -0.15) is 13.2 Å². The van der Waals surface area contributed by atoms with Crippen LogP contribution in [0.2, 0.25) is 0 Å². The number of phenolic OH excluding ortho intramolecular Hbond substituents is 1. The number of phenols is 1. The lowest BCUT2D eigenvalue weighted by Crippen LogP contribution is -2.49. The summed E-state index contributed by atoms with van der Waals surface area (Å²) in [4.78, 5) is 11.1. The summed E-state index contributed by atoms with van der Waals surface area (Å²) < 4.78 is 40.0. The second kappa shape index (κ2) is 8.53. The van der Waals surface area contributed by atoms with Gasteiger partial charge in [-0.1, -0.05) is 6.07 Å². The van der Waals surface area contributed by atoms with Crippen molar-refractivity contribution in [2.24, 2.45) is 0 Å². The Morgan fingerprint density at radius 2 is 1.83 bits per heavy atom. The Balaban J connectivity index is 0.00000242. The average Bonchev–Trinajstić information content (AvgIpc) is 2.40. The molecule has 1 aliphatic rings. The second-order valence-electron chi connectivity index (χ2n) is 4.74. The number of nitro benzene ring substituents is 1. The zero-order valence-corrected chi connectivity index (χ0v) is 13.4. The Morgan fingerprint density at radius 3 is 2.30 bits per heavy atom. The molecule has 2 rings (SSSR count). The number of rotatable bonds is 3. The van der Waals surface area contributed by atoms with Gasteiger partial charge in [-0.15, -0.1) is 24.8 Å². The van der Waals surface area contributed by atoms with Gasteiger partial charge >= 0.3 is 11.9 Å². The highest BCUT2D eigenvalue weighted by molar-refractivity contribution is 5.85. The SMILES string of the molecule is Cl.Cl.O=[N+]([O-])c1cc([C@@H](N2CCNCC2)C(F)(F)F)ccc1O. The van der Waals surface area contributed by atoms with Gasteiger partial charge in [0, 0.05) is 32.2 Å². The standard InChI is InChI=1S/C12H14F3N3O3.2ClH/c13-12(14,15)11(17-5-3-16-4-6-17)8-1-2-10(19)9(7-8)18(20)21;;/h1-2,7,11,16,19H,3-6H2;2*1H/t11-;;/m1../s1. The Morgan fingerprint density at radius 1 is 1.26 bits per heavy atom. The predicted molar refractivity (Wildman–Crippen MR) is 82.5 cm³/mol. The van der Waals surface area contributed by atoms with E-state index < -0.39 is 28.6 Å². The van der Waals surface area contributed by atoms with Crippen LogP contribution < -0.4 is 5.32 Å². The van der Waals surface area contributed by atoms with Crippen LogP contribution in [0.15, 0.2) is 18.2 Å². The van der Waals surface area contributed by atoms with Gasteiger partial charge in [0.2, 0.25) is 0 Å². The third kappa shape index (κ3) is 5.10. The largest absolute Gasteiger partial charge is 0.502 e. The number of nitro groups is 1. The van der Waals surface area contributed by atoms with Crippen molar-refractivity contribution >= 4 is 30.5 Å². The fourth-order valence-electron chi connectivity index (χ4n) is 2.40. The van der Waals surface area contributed by atoms with E-state index in [2.05, 4.69) is 5.32 Å². The zero-order valence-electron chi connectivity index (χ0n) is 11.7. The van der Waals surface area contributed by atoms with E-state index in [-0.39, 0.29) is 43.5 Å². The van der Waals surface area contributed by atoms with Crippen LogP contribution in [-0.4, -0.2) is 47.3 Å². The van der Waals surface area contributed by atoms with Crippen LogP contribution >= 0.6 is 24.8 Å². The molecule has 132 valence electrons. The molecule has 0 aliphatic carbocycles. The van der Waals surface area contributed by atoms with Crippen LogP contribution in [0.4, 0.5) is 18.9 Å². The molecular weight excluding hydrogens is 362 g/mol. The molecule has 2 N–H and O–H groups in total. The van der Waals surface area contributed by atoms with Crippen LogP contribution in [0.3, 0.4) is 0 Å². The third-order valence-corrected chi connectivity index (χ3v) is 3.34. The first-order chi connectivity index (χ1) is 9.80. The topological polar surface area (TPSA) is 78.6 Å². The van der Waals surface area contributed by atoms with Gasteiger partial charge in [0.05, 0.1) is 4.92 Å². The van der Waals surface area contributed by atoms with E-state index in [4.69, 9.17) is 0 Å². The molecule has 0 aromatic heterocycles. The quantitative estimate of drug-likeness (QED) is 0.625. The fourth-order valence-corrected chi connectivity index (χ4v) is 2.40. The molecule has 0 spiro atoms. The molecule has 0 bridgehead atoms. The van der Waals surface area contributed by atoms with Crippen molar-refractivity contribution in [2.45, 2.75) is 12.2 Å². The van der Waals surface area contributed by atoms with Crippen LogP contribution in [-0.2, 0) is 0 Å². The maximum atomic E-state index is 13.3. The van der Waals surface area contributed by atoms with Gasteiger partial charge in [0.15, 0.2) is 5.75 Å². The number of aromatic hydroxyl groups is 1. The Bertz CT molecular complexity index is 540. The van der Waals surface area contributed by atoms with E-state index in [1.165, 1.54) is 4.90 Å². The highest BCUT2D eigenvalue weighted by Crippen LogP contribution is 2.40. The van der Waals surface area contributed by atoms with Crippen molar-refractivity contribution in [3.05, 3.63) is 33.9 Å². The summed E-state index contributed by atoms with van der Waals surface area (Å²) in [5, 5.41) is 23.1. The highest BCUT2D eigenvalue weighted by Gasteiger charge is 2.45. The minimum atomic E-state index is -4.55. The number of nitrogens with one attached hydrogen (secondary N) is 1. The number of benzene rings is 1. The molecule has 1 heterocycles. The lowest BCUT2D eigenvalue weighted by Gasteiger charge is -2.36. The maximum absolute atomic E-state index is 13.3. The van der Waals surface area contributed by atoms with Crippen molar-refractivity contribution < 1.29 is 23.2 Å². The molecule has 1 aromatic carbocycles. The van der Waals surface area contributed by atoms with Crippen LogP contribution in [0, 0.1) is 10.1 Å². The first-order valence-electron chi connectivity index (χ1n) is 6.29. The Hall–Kier alpha value is -1.29. The molecule has 6 nitrogen and oxygen atoms in total. The van der Waals surface area contributed by atoms with E-state index >= 15 is 0 Å². The third-order valence-electron chi connectivity index (χ3n) is 3.34. The summed E-state index contributed by atoms with van der Waals surface area (Å²) in [5.74, 6) is -0.648. The van der Waals surface area contributed by atoms with Gasteiger partial charge in [-0.3, -0.25) is 15.0 Å². The molecule has 0 radical (unpaired) electrons. The summed E-state index contributed by atoms with van der Waals surface area (Å²) in [6.07, 6.45) is -4.55. The summed E-state index contributed by atoms with van der Waals surface area (Å²) >= 11 is 0. The van der Waals surface area contributed by atoms with E-state index in [9.17, 15) is 28.4 Å². The first-order valence-corrected chi connectivity index (χ1v) is 6.29. The molecule has 0 unspecified atom stereocenters.